The number of aliphatic carboxylic acids is 2. The predicted octanol–water partition coefficient (Wildman–Crippen LogP) is 5.32. The van der Waals surface area contributed by atoms with Gasteiger partial charge >= 0.3 is 41.4 Å². The maximum Gasteiger partial charge on any atom is 0.392 e. The number of aromatic nitrogens is 2. The quantitative estimate of drug-likeness (QED) is 0.0535. The molecule has 4 aromatic rings. The van der Waals surface area contributed by atoms with Gasteiger partial charge in [-0.05, 0) is 60.5 Å². The monoisotopic (exact) mass is 768 g/mol. The highest BCUT2D eigenvalue weighted by Gasteiger charge is 2.34. The topological polar surface area (TPSA) is 255 Å². The lowest BCUT2D eigenvalue weighted by Gasteiger charge is -2.23. The second-order valence-electron chi connectivity index (χ2n) is 12.0. The van der Waals surface area contributed by atoms with Crippen LogP contribution >= 0.6 is 0 Å². The van der Waals surface area contributed by atoms with Gasteiger partial charge in [-0.2, -0.15) is 15.2 Å². The number of benzene rings is 3. The van der Waals surface area contributed by atoms with Crippen LogP contribution in [0.25, 0.3) is 0 Å². The SMILES string of the molecule is CCOC(=O)CCc1cc(Oc2nc(Oc3cc(C#N)ccc3OCc3ccccc3)nc(OC(CCC(=O)O)C(=O)O)c2[N+](=O)[O-])cc(C2NC=CCN2)c1. The van der Waals surface area contributed by atoms with Gasteiger partial charge in [-0.1, -0.05) is 42.5 Å². The molecule has 0 fully saturated rings. The Morgan fingerprint density at radius 3 is 2.46 bits per heavy atom. The van der Waals surface area contributed by atoms with Gasteiger partial charge in [0.15, 0.2) is 17.6 Å². The first-order chi connectivity index (χ1) is 27.0. The van der Waals surface area contributed by atoms with Crippen molar-refractivity contribution in [2.45, 2.75) is 51.5 Å². The van der Waals surface area contributed by atoms with Crippen molar-refractivity contribution in [3.8, 4) is 41.1 Å². The number of nitriles is 1. The molecule has 4 N–H and O–H groups in total. The van der Waals surface area contributed by atoms with Crippen molar-refractivity contribution >= 4 is 23.6 Å². The number of ether oxygens (including phenoxy) is 5. The molecule has 0 saturated heterocycles. The molecule has 0 aliphatic carbocycles. The lowest BCUT2D eigenvalue weighted by molar-refractivity contribution is -0.387. The summed E-state index contributed by atoms with van der Waals surface area (Å²) in [4.78, 5) is 55.5. The summed E-state index contributed by atoms with van der Waals surface area (Å²) in [5, 5.41) is 47.7. The van der Waals surface area contributed by atoms with E-state index in [1.54, 1.807) is 19.2 Å². The van der Waals surface area contributed by atoms with Crippen molar-refractivity contribution in [2.24, 2.45) is 0 Å². The summed E-state index contributed by atoms with van der Waals surface area (Å²) < 4.78 is 28.6. The van der Waals surface area contributed by atoms with Crippen LogP contribution in [0.1, 0.15) is 54.6 Å². The minimum atomic E-state index is -1.90. The van der Waals surface area contributed by atoms with Crippen LogP contribution in [-0.4, -0.2) is 62.3 Å². The van der Waals surface area contributed by atoms with Crippen molar-refractivity contribution in [2.75, 3.05) is 13.2 Å². The molecule has 2 heterocycles. The first-order valence-corrected chi connectivity index (χ1v) is 17.2. The molecule has 2 unspecified atom stereocenters. The van der Waals surface area contributed by atoms with Crippen LogP contribution in [-0.2, 0) is 32.1 Å². The molecule has 290 valence electrons. The number of nitrogens with one attached hydrogen (secondary N) is 2. The van der Waals surface area contributed by atoms with E-state index in [4.69, 9.17) is 23.7 Å². The van der Waals surface area contributed by atoms with Crippen molar-refractivity contribution < 1.29 is 53.2 Å². The van der Waals surface area contributed by atoms with Crippen molar-refractivity contribution in [3.05, 3.63) is 111 Å². The van der Waals surface area contributed by atoms with E-state index >= 15 is 0 Å². The molecular weight excluding hydrogens is 732 g/mol. The van der Waals surface area contributed by atoms with Crippen LogP contribution in [0.3, 0.4) is 0 Å². The zero-order valence-corrected chi connectivity index (χ0v) is 29.9. The van der Waals surface area contributed by atoms with E-state index in [2.05, 4.69) is 20.6 Å². The van der Waals surface area contributed by atoms with Gasteiger partial charge in [0, 0.05) is 31.9 Å². The lowest BCUT2D eigenvalue weighted by Crippen LogP contribution is -2.34. The Morgan fingerprint density at radius 2 is 1.79 bits per heavy atom. The fourth-order valence-electron chi connectivity index (χ4n) is 5.31. The minimum absolute atomic E-state index is 0.0230. The summed E-state index contributed by atoms with van der Waals surface area (Å²) in [6.45, 7) is 2.50. The first kappa shape index (κ1) is 39.9. The molecule has 1 aliphatic rings. The molecule has 1 aromatic heterocycles. The van der Waals surface area contributed by atoms with Crippen molar-refractivity contribution in [1.29, 1.82) is 5.26 Å². The molecule has 18 nitrogen and oxygen atoms in total. The minimum Gasteiger partial charge on any atom is -0.485 e. The van der Waals surface area contributed by atoms with E-state index in [0.29, 0.717) is 17.7 Å². The van der Waals surface area contributed by atoms with Crippen LogP contribution in [0.4, 0.5) is 5.69 Å². The van der Waals surface area contributed by atoms with Gasteiger partial charge in [-0.25, -0.2) is 4.79 Å². The van der Waals surface area contributed by atoms with Gasteiger partial charge < -0.3 is 39.2 Å². The molecule has 2 atom stereocenters. The number of aryl methyl sites for hydroxylation is 1. The van der Waals surface area contributed by atoms with Gasteiger partial charge in [-0.3, -0.25) is 25.0 Å². The van der Waals surface area contributed by atoms with Crippen LogP contribution < -0.4 is 29.6 Å². The van der Waals surface area contributed by atoms with Crippen molar-refractivity contribution in [1.82, 2.24) is 20.6 Å². The maximum atomic E-state index is 12.6. The van der Waals surface area contributed by atoms with E-state index in [-0.39, 0.29) is 48.9 Å². The third-order valence-electron chi connectivity index (χ3n) is 7.92. The van der Waals surface area contributed by atoms with Crippen LogP contribution in [0.5, 0.6) is 35.0 Å². The molecule has 0 radical (unpaired) electrons. The maximum absolute atomic E-state index is 12.6. The van der Waals surface area contributed by atoms with Crippen molar-refractivity contribution in [3.63, 3.8) is 0 Å². The number of nitro groups is 1. The lowest BCUT2D eigenvalue weighted by atomic mass is 10.0. The van der Waals surface area contributed by atoms with E-state index in [9.17, 15) is 40.0 Å². The Balaban J connectivity index is 1.60. The number of carboxylic acids is 2. The molecule has 56 heavy (non-hydrogen) atoms. The molecule has 0 bridgehead atoms. The molecular formula is C38H36N6O12. The fraction of sp³-hybridized carbons (Fsp3) is 0.263. The zero-order valence-electron chi connectivity index (χ0n) is 29.9. The van der Waals surface area contributed by atoms with E-state index in [1.165, 1.54) is 24.3 Å². The standard InChI is InChI=1S/C38H36N6O12/c1-2-52-32(47)14-10-24-17-26(34-40-15-6-16-41-34)20-27(18-24)54-35-33(44(50)51)36(55-29(37(48)49)12-13-31(45)46)43-38(42-35)56-30-19-25(21-39)9-11-28(30)53-22-23-7-4-3-5-8-23/h3-9,11,15,17-20,29,34,40-41H,2,10,12-14,16,22H2,1H3,(H,45,46)(H,48,49). The third kappa shape index (κ3) is 11.1. The normalized spacial score (nSPS) is 13.7. The fourth-order valence-corrected chi connectivity index (χ4v) is 5.31. The summed E-state index contributed by atoms with van der Waals surface area (Å²) in [6.07, 6.45) is 0.291. The van der Waals surface area contributed by atoms with Gasteiger partial charge in [0.2, 0.25) is 0 Å². The largest absolute Gasteiger partial charge is 0.485 e. The number of nitrogens with zero attached hydrogens (tertiary/aromatic N) is 4. The van der Waals surface area contributed by atoms with E-state index in [0.717, 1.165) is 5.56 Å². The average Bonchev–Trinajstić information content (AvgIpc) is 3.18. The summed E-state index contributed by atoms with van der Waals surface area (Å²) in [6, 6.07) is 19.7. The molecule has 3 aromatic carbocycles. The van der Waals surface area contributed by atoms with E-state index in [1.807, 2.05) is 48.5 Å². The Morgan fingerprint density at radius 1 is 1.00 bits per heavy atom. The Kier molecular flexibility index (Phi) is 13.7. The van der Waals surface area contributed by atoms with Crippen LogP contribution in [0.15, 0.2) is 79.0 Å². The number of carbonyl (C=O) groups is 3. The number of rotatable bonds is 19. The second kappa shape index (κ2) is 19.2. The Hall–Kier alpha value is -7.26. The molecule has 1 aliphatic heterocycles. The summed E-state index contributed by atoms with van der Waals surface area (Å²) >= 11 is 0. The van der Waals surface area contributed by atoms with Gasteiger partial charge in [0.1, 0.15) is 18.5 Å². The van der Waals surface area contributed by atoms with Gasteiger partial charge in [0.25, 0.3) is 0 Å². The number of hydrogen-bond acceptors (Lipinski definition) is 15. The summed E-state index contributed by atoms with van der Waals surface area (Å²) in [5.74, 6) is -4.96. The highest BCUT2D eigenvalue weighted by Crippen LogP contribution is 2.41. The molecule has 0 amide bonds. The van der Waals surface area contributed by atoms with E-state index < -0.39 is 71.4 Å². The Labute approximate surface area is 319 Å². The Bertz CT molecular complexity index is 2140. The summed E-state index contributed by atoms with van der Waals surface area (Å²) in [7, 11) is 0. The highest BCUT2D eigenvalue weighted by molar-refractivity contribution is 5.74. The molecule has 0 spiro atoms. The second-order valence-corrected chi connectivity index (χ2v) is 12.0. The first-order valence-electron chi connectivity index (χ1n) is 17.2. The highest BCUT2D eigenvalue weighted by atomic mass is 16.6. The number of hydrogen-bond donors (Lipinski definition) is 4. The third-order valence-corrected chi connectivity index (χ3v) is 7.92. The van der Waals surface area contributed by atoms with Gasteiger partial charge in [-0.15, -0.1) is 0 Å². The number of carboxylic acid groups (broad SMARTS) is 2. The predicted molar refractivity (Wildman–Crippen MR) is 194 cm³/mol. The summed E-state index contributed by atoms with van der Waals surface area (Å²) in [5.41, 5.74) is 1.18. The number of esters is 1. The number of carbonyl (C=O) groups excluding carboxylic acids is 1. The average molecular weight is 769 g/mol. The van der Waals surface area contributed by atoms with Crippen LogP contribution in [0.2, 0.25) is 0 Å². The molecule has 5 rings (SSSR count). The molecule has 18 heteroatoms. The van der Waals surface area contributed by atoms with Crippen LogP contribution in [0, 0.1) is 21.4 Å². The smallest absolute Gasteiger partial charge is 0.392 e. The molecule has 0 saturated carbocycles. The zero-order chi connectivity index (χ0) is 40.0. The van der Waals surface area contributed by atoms with Gasteiger partial charge in [0.05, 0.1) is 23.2 Å².